The van der Waals surface area contributed by atoms with E-state index in [2.05, 4.69) is 29.8 Å². The van der Waals surface area contributed by atoms with E-state index in [0.717, 1.165) is 25.2 Å². The van der Waals surface area contributed by atoms with E-state index in [1.54, 1.807) is 6.20 Å². The van der Waals surface area contributed by atoms with Crippen molar-refractivity contribution in [2.45, 2.75) is 57.8 Å². The Morgan fingerprint density at radius 2 is 2.22 bits per heavy atom. The molecular weight excluding hydrogens is 288 g/mol. The third-order valence-electron chi connectivity index (χ3n) is 5.58. The summed E-state index contributed by atoms with van der Waals surface area (Å²) in [6.45, 7) is 9.33. The predicted molar refractivity (Wildman–Crippen MR) is 91.2 cm³/mol. The van der Waals surface area contributed by atoms with Crippen molar-refractivity contribution in [3.63, 3.8) is 0 Å². The van der Waals surface area contributed by atoms with E-state index in [4.69, 9.17) is 9.47 Å². The van der Waals surface area contributed by atoms with Crippen LogP contribution >= 0.6 is 0 Å². The van der Waals surface area contributed by atoms with Crippen LogP contribution in [-0.4, -0.2) is 47.8 Å². The van der Waals surface area contributed by atoms with Gasteiger partial charge in [0.05, 0.1) is 12.2 Å². The van der Waals surface area contributed by atoms with Crippen LogP contribution in [0.25, 0.3) is 0 Å². The summed E-state index contributed by atoms with van der Waals surface area (Å²) in [4.78, 5) is 6.70. The molecule has 4 heteroatoms. The molecule has 2 aliphatic rings. The van der Waals surface area contributed by atoms with E-state index in [9.17, 15) is 0 Å². The Morgan fingerprint density at radius 1 is 1.39 bits per heavy atom. The number of ether oxygens (including phenoxy) is 2. The number of nitrogens with zero attached hydrogens (tertiary/aromatic N) is 2. The van der Waals surface area contributed by atoms with Gasteiger partial charge >= 0.3 is 0 Å². The quantitative estimate of drug-likeness (QED) is 0.754. The summed E-state index contributed by atoms with van der Waals surface area (Å²) in [5.74, 6) is 0.658. The normalized spacial score (nSPS) is 24.6. The first kappa shape index (κ1) is 16.9. The van der Waals surface area contributed by atoms with Crippen LogP contribution in [0.3, 0.4) is 0 Å². The van der Waals surface area contributed by atoms with Crippen LogP contribution in [-0.2, 0) is 16.1 Å². The van der Waals surface area contributed by atoms with Gasteiger partial charge in [-0.25, -0.2) is 0 Å². The third kappa shape index (κ3) is 4.11. The lowest BCUT2D eigenvalue weighted by Crippen LogP contribution is -2.49. The van der Waals surface area contributed by atoms with Gasteiger partial charge in [-0.1, -0.05) is 6.07 Å². The average molecular weight is 318 g/mol. The average Bonchev–Trinajstić information content (AvgIpc) is 2.95. The van der Waals surface area contributed by atoms with E-state index in [1.165, 1.54) is 32.4 Å². The highest BCUT2D eigenvalue weighted by atomic mass is 16.5. The lowest BCUT2D eigenvalue weighted by atomic mass is 9.78. The zero-order valence-electron chi connectivity index (χ0n) is 14.5. The smallest absolute Gasteiger partial charge is 0.0736 e. The van der Waals surface area contributed by atoms with Crippen LogP contribution < -0.4 is 0 Å². The highest BCUT2D eigenvalue weighted by Crippen LogP contribution is 2.42. The first-order valence-corrected chi connectivity index (χ1v) is 9.04. The van der Waals surface area contributed by atoms with Gasteiger partial charge in [0.2, 0.25) is 0 Å². The number of piperidine rings is 1. The van der Waals surface area contributed by atoms with Gasteiger partial charge in [-0.05, 0) is 57.1 Å². The Balaban J connectivity index is 1.44. The molecule has 1 atom stereocenters. The highest BCUT2D eigenvalue weighted by Gasteiger charge is 2.45. The first-order chi connectivity index (χ1) is 11.2. The summed E-state index contributed by atoms with van der Waals surface area (Å²) in [5.41, 5.74) is 1.28. The van der Waals surface area contributed by atoms with Crippen molar-refractivity contribution in [2.24, 2.45) is 5.92 Å². The number of pyridine rings is 1. The van der Waals surface area contributed by atoms with Gasteiger partial charge in [0, 0.05) is 44.7 Å². The maximum absolute atomic E-state index is 6.25. The molecule has 128 valence electrons. The highest BCUT2D eigenvalue weighted by molar-refractivity contribution is 5.06. The van der Waals surface area contributed by atoms with E-state index >= 15 is 0 Å². The second-order valence-corrected chi connectivity index (χ2v) is 7.23. The molecule has 2 fully saturated rings. The van der Waals surface area contributed by atoms with Gasteiger partial charge in [0.25, 0.3) is 0 Å². The van der Waals surface area contributed by atoms with Crippen molar-refractivity contribution in [1.82, 2.24) is 9.88 Å². The monoisotopic (exact) mass is 318 g/mol. The molecule has 2 saturated heterocycles. The van der Waals surface area contributed by atoms with Gasteiger partial charge < -0.3 is 14.4 Å². The fourth-order valence-electron chi connectivity index (χ4n) is 4.06. The SMILES string of the molecule is CC(C)N1CCC2(CC1)OCC[C@H]2CCOCc1cccnc1. The maximum Gasteiger partial charge on any atom is 0.0736 e. The van der Waals surface area contributed by atoms with Crippen LogP contribution in [0.1, 0.15) is 45.1 Å². The molecule has 0 aliphatic carbocycles. The molecule has 0 unspecified atom stereocenters. The molecule has 0 bridgehead atoms. The minimum atomic E-state index is 0.128. The van der Waals surface area contributed by atoms with Gasteiger partial charge in [0.1, 0.15) is 0 Å². The van der Waals surface area contributed by atoms with Gasteiger partial charge in [0.15, 0.2) is 0 Å². The van der Waals surface area contributed by atoms with E-state index in [-0.39, 0.29) is 5.60 Å². The number of hydrogen-bond donors (Lipinski definition) is 0. The summed E-state index contributed by atoms with van der Waals surface area (Å²) >= 11 is 0. The largest absolute Gasteiger partial charge is 0.377 e. The maximum atomic E-state index is 6.25. The summed E-state index contributed by atoms with van der Waals surface area (Å²) in [6.07, 6.45) is 8.34. The molecule has 23 heavy (non-hydrogen) atoms. The fraction of sp³-hybridized carbons (Fsp3) is 0.737. The number of hydrogen-bond acceptors (Lipinski definition) is 4. The van der Waals surface area contributed by atoms with Crippen LogP contribution in [0.2, 0.25) is 0 Å². The van der Waals surface area contributed by atoms with Gasteiger partial charge in [-0.2, -0.15) is 0 Å². The topological polar surface area (TPSA) is 34.6 Å². The van der Waals surface area contributed by atoms with Crippen molar-refractivity contribution >= 4 is 0 Å². The number of rotatable bonds is 6. The minimum absolute atomic E-state index is 0.128. The third-order valence-corrected chi connectivity index (χ3v) is 5.58. The summed E-state index contributed by atoms with van der Waals surface area (Å²) in [5, 5.41) is 0. The Kier molecular flexibility index (Phi) is 5.67. The van der Waals surface area contributed by atoms with Crippen molar-refractivity contribution in [2.75, 3.05) is 26.3 Å². The molecule has 0 radical (unpaired) electrons. The molecule has 2 aliphatic heterocycles. The lowest BCUT2D eigenvalue weighted by molar-refractivity contribution is -0.0761. The first-order valence-electron chi connectivity index (χ1n) is 9.04. The number of aromatic nitrogens is 1. The lowest BCUT2D eigenvalue weighted by Gasteiger charge is -2.43. The molecule has 1 aromatic heterocycles. The standard InChI is InChI=1S/C19H30N2O2/c1-16(2)21-10-7-19(8-11-21)18(6-13-23-19)5-12-22-15-17-4-3-9-20-14-17/h3-4,9,14,16,18H,5-8,10-13,15H2,1-2H3/t18-/m1/s1. The minimum Gasteiger partial charge on any atom is -0.377 e. The van der Waals surface area contributed by atoms with Crippen molar-refractivity contribution in [3.8, 4) is 0 Å². The van der Waals surface area contributed by atoms with Crippen LogP contribution in [0, 0.1) is 5.92 Å². The molecule has 3 rings (SSSR count). The molecule has 4 nitrogen and oxygen atoms in total. The number of likely N-dealkylation sites (tertiary alicyclic amines) is 1. The molecule has 0 amide bonds. The molecule has 0 saturated carbocycles. The van der Waals surface area contributed by atoms with E-state index < -0.39 is 0 Å². The summed E-state index contributed by atoms with van der Waals surface area (Å²) in [6, 6.07) is 4.67. The molecular formula is C19H30N2O2. The second-order valence-electron chi connectivity index (χ2n) is 7.23. The molecule has 3 heterocycles. The molecule has 1 spiro atoms. The molecule has 0 aromatic carbocycles. The van der Waals surface area contributed by atoms with E-state index in [1.807, 2.05) is 12.3 Å². The second kappa shape index (κ2) is 7.73. The van der Waals surface area contributed by atoms with Crippen molar-refractivity contribution in [1.29, 1.82) is 0 Å². The molecule has 0 N–H and O–H groups in total. The van der Waals surface area contributed by atoms with Crippen LogP contribution in [0.4, 0.5) is 0 Å². The fourth-order valence-corrected chi connectivity index (χ4v) is 4.06. The molecule has 1 aromatic rings. The van der Waals surface area contributed by atoms with Crippen LogP contribution in [0.15, 0.2) is 24.5 Å². The van der Waals surface area contributed by atoms with Gasteiger partial charge in [-0.3, -0.25) is 4.98 Å². The Hall–Kier alpha value is -0.970. The van der Waals surface area contributed by atoms with Gasteiger partial charge in [-0.15, -0.1) is 0 Å². The zero-order valence-corrected chi connectivity index (χ0v) is 14.5. The van der Waals surface area contributed by atoms with Crippen molar-refractivity contribution < 1.29 is 9.47 Å². The Bertz CT molecular complexity index is 470. The van der Waals surface area contributed by atoms with E-state index in [0.29, 0.717) is 18.6 Å². The van der Waals surface area contributed by atoms with Crippen molar-refractivity contribution in [3.05, 3.63) is 30.1 Å². The zero-order chi connectivity index (χ0) is 16.1. The summed E-state index contributed by atoms with van der Waals surface area (Å²) in [7, 11) is 0. The Labute approximate surface area is 140 Å². The van der Waals surface area contributed by atoms with Crippen LogP contribution in [0.5, 0.6) is 0 Å². The Morgan fingerprint density at radius 3 is 2.91 bits per heavy atom. The summed E-state index contributed by atoms with van der Waals surface area (Å²) < 4.78 is 12.1. The predicted octanol–water partition coefficient (Wildman–Crippen LogP) is 3.27.